The Morgan fingerprint density at radius 2 is 1.55 bits per heavy atom. The highest BCUT2D eigenvalue weighted by molar-refractivity contribution is 7.07. The average Bonchev–Trinajstić information content (AvgIpc) is 3.29. The number of hydrogen-bond acceptors (Lipinski definition) is 3. The Labute approximate surface area is 248 Å². The molecule has 0 aliphatic carbocycles. The fourth-order valence-corrected chi connectivity index (χ4v) is 5.29. The molecule has 4 nitrogen and oxygen atoms in total. The van der Waals surface area contributed by atoms with Crippen molar-refractivity contribution < 1.29 is 31.1 Å². The number of halogens is 2. The molecule has 0 fully saturated rings. The summed E-state index contributed by atoms with van der Waals surface area (Å²) in [6.45, 7) is 5.85. The van der Waals surface area contributed by atoms with Crippen LogP contribution in [0.4, 0.5) is 5.69 Å². The van der Waals surface area contributed by atoms with Gasteiger partial charge >= 0.3 is 0 Å². The normalized spacial score (nSPS) is 10.7. The van der Waals surface area contributed by atoms with Gasteiger partial charge in [-0.25, -0.2) is 0 Å². The molecule has 0 unspecified atom stereocenters. The first kappa shape index (κ1) is 32.3. The smallest absolute Gasteiger partial charge is 0.228 e. The van der Waals surface area contributed by atoms with Crippen LogP contribution < -0.4 is 31.6 Å². The van der Waals surface area contributed by atoms with E-state index in [1.165, 1.54) is 69.0 Å². The number of hydrogen-bond donors (Lipinski definition) is 1. The minimum Gasteiger partial charge on any atom is -1.00 e. The maximum atomic E-state index is 12.6. The van der Waals surface area contributed by atoms with Gasteiger partial charge in [-0.05, 0) is 36.2 Å². The largest absolute Gasteiger partial charge is 1.00 e. The molecular formula is C31H42BrClN2O2S. The zero-order chi connectivity index (χ0) is 26.3. The molecule has 0 spiro atoms. The molecule has 0 saturated heterocycles. The van der Waals surface area contributed by atoms with Gasteiger partial charge in [0.1, 0.15) is 5.75 Å². The third-order valence-corrected chi connectivity index (χ3v) is 7.75. The van der Waals surface area contributed by atoms with Crippen molar-refractivity contribution in [3.63, 3.8) is 0 Å². The summed E-state index contributed by atoms with van der Waals surface area (Å²) in [5, 5.41) is 5.72. The van der Waals surface area contributed by atoms with E-state index in [0.29, 0.717) is 17.4 Å². The molecule has 0 atom stereocenters. The predicted molar refractivity (Wildman–Crippen MR) is 156 cm³/mol. The van der Waals surface area contributed by atoms with Crippen LogP contribution in [0.1, 0.15) is 88.0 Å². The zero-order valence-electron chi connectivity index (χ0n) is 22.8. The number of unbranched alkanes of at least 4 members (excludes halogenated alkanes) is 9. The topological polar surface area (TPSA) is 42.2 Å². The van der Waals surface area contributed by atoms with Crippen LogP contribution in [0, 0.1) is 6.92 Å². The average molecular weight is 622 g/mol. The van der Waals surface area contributed by atoms with Crippen LogP contribution in [-0.4, -0.2) is 12.5 Å². The molecule has 1 N–H and O–H groups in total. The van der Waals surface area contributed by atoms with E-state index in [1.54, 1.807) is 11.3 Å². The van der Waals surface area contributed by atoms with E-state index >= 15 is 0 Å². The number of ether oxygens (including phenoxy) is 1. The van der Waals surface area contributed by atoms with Crippen molar-refractivity contribution in [2.24, 2.45) is 0 Å². The summed E-state index contributed by atoms with van der Waals surface area (Å²) in [7, 11) is 0. The summed E-state index contributed by atoms with van der Waals surface area (Å²) in [6, 6.07) is 13.6. The minimum atomic E-state index is -0.0567. The number of nitrogens with one attached hydrogen (secondary N) is 1. The van der Waals surface area contributed by atoms with Crippen molar-refractivity contribution in [3.05, 3.63) is 75.2 Å². The number of amides is 1. The van der Waals surface area contributed by atoms with Crippen LogP contribution in [0.2, 0.25) is 5.02 Å². The number of carbonyl (C=O) groups excluding carboxylic acids is 1. The summed E-state index contributed by atoms with van der Waals surface area (Å²) >= 11 is 8.04. The molecule has 7 heteroatoms. The van der Waals surface area contributed by atoms with Crippen molar-refractivity contribution in [2.75, 3.05) is 11.9 Å². The summed E-state index contributed by atoms with van der Waals surface area (Å²) < 4.78 is 8.17. The fraction of sp³-hybridized carbons (Fsp3) is 0.484. The van der Waals surface area contributed by atoms with Crippen molar-refractivity contribution in [1.82, 2.24) is 0 Å². The molecule has 2 aromatic carbocycles. The van der Waals surface area contributed by atoms with Gasteiger partial charge in [-0.3, -0.25) is 4.79 Å². The highest BCUT2D eigenvalue weighted by atomic mass is 79.9. The Hall–Kier alpha value is -1.89. The van der Waals surface area contributed by atoms with Gasteiger partial charge in [0.25, 0.3) is 0 Å². The lowest BCUT2D eigenvalue weighted by Gasteiger charge is -2.11. The number of thiazole rings is 1. The van der Waals surface area contributed by atoms with Gasteiger partial charge in [0, 0.05) is 18.2 Å². The lowest BCUT2D eigenvalue weighted by Crippen LogP contribution is -3.00. The van der Waals surface area contributed by atoms with Crippen molar-refractivity contribution in [2.45, 2.75) is 91.0 Å². The third-order valence-electron chi connectivity index (χ3n) is 6.59. The Balaban J connectivity index is 0.00000507. The van der Waals surface area contributed by atoms with E-state index in [-0.39, 0.29) is 29.3 Å². The van der Waals surface area contributed by atoms with Crippen LogP contribution >= 0.6 is 22.9 Å². The molecule has 208 valence electrons. The Kier molecular flexibility index (Phi) is 15.7. The number of aromatic nitrogens is 1. The fourth-order valence-electron chi connectivity index (χ4n) is 4.34. The molecule has 0 saturated carbocycles. The standard InChI is InChI=1S/C31H41ClN2O2S.BrH/c1-3-4-5-6-7-8-9-10-11-12-19-36-30-20-27(15-18-29(30)32)21-31(35)33-28-16-13-26(14-17-28)22-34-24-37-23-25(34)2;/h13-18,20,23-24H,3-12,19,21-22H2,1-2H3;1H. The molecule has 0 aliphatic heterocycles. The lowest BCUT2D eigenvalue weighted by molar-refractivity contribution is -0.689. The van der Waals surface area contributed by atoms with E-state index < -0.39 is 0 Å². The molecule has 0 bridgehead atoms. The van der Waals surface area contributed by atoms with E-state index in [4.69, 9.17) is 16.3 Å². The molecule has 38 heavy (non-hydrogen) atoms. The van der Waals surface area contributed by atoms with Gasteiger partial charge in [0.15, 0.2) is 12.2 Å². The van der Waals surface area contributed by atoms with Gasteiger partial charge in [0.05, 0.1) is 23.4 Å². The van der Waals surface area contributed by atoms with E-state index in [2.05, 4.69) is 46.8 Å². The maximum absolute atomic E-state index is 12.6. The zero-order valence-corrected chi connectivity index (χ0v) is 26.0. The maximum Gasteiger partial charge on any atom is 0.228 e. The van der Waals surface area contributed by atoms with Crippen LogP contribution in [0.3, 0.4) is 0 Å². The van der Waals surface area contributed by atoms with E-state index in [0.717, 1.165) is 24.2 Å². The molecule has 1 heterocycles. The second-order valence-corrected chi connectivity index (χ2v) is 11.0. The lowest BCUT2D eigenvalue weighted by atomic mass is 10.1. The Bertz CT molecular complexity index is 1090. The molecule has 1 amide bonds. The number of benzene rings is 2. The third kappa shape index (κ3) is 11.9. The molecular weight excluding hydrogens is 580 g/mol. The second-order valence-electron chi connectivity index (χ2n) is 9.85. The van der Waals surface area contributed by atoms with Crippen molar-refractivity contribution >= 4 is 34.5 Å². The molecule has 1 aromatic heterocycles. The van der Waals surface area contributed by atoms with E-state index in [9.17, 15) is 4.79 Å². The second kappa shape index (κ2) is 18.4. The van der Waals surface area contributed by atoms with Crippen LogP contribution in [0.25, 0.3) is 0 Å². The number of aryl methyl sites for hydroxylation is 1. The van der Waals surface area contributed by atoms with Crippen molar-refractivity contribution in [1.29, 1.82) is 0 Å². The predicted octanol–water partition coefficient (Wildman–Crippen LogP) is 5.53. The van der Waals surface area contributed by atoms with Gasteiger partial charge in [-0.1, -0.05) is 106 Å². The first-order valence-electron chi connectivity index (χ1n) is 13.8. The molecule has 0 aliphatic rings. The van der Waals surface area contributed by atoms with Gasteiger partial charge in [0.2, 0.25) is 11.4 Å². The molecule has 3 aromatic rings. The van der Waals surface area contributed by atoms with Crippen LogP contribution in [0.5, 0.6) is 5.75 Å². The van der Waals surface area contributed by atoms with E-state index in [1.807, 2.05) is 30.3 Å². The Morgan fingerprint density at radius 3 is 2.18 bits per heavy atom. The Morgan fingerprint density at radius 1 is 0.921 bits per heavy atom. The number of anilines is 1. The summed E-state index contributed by atoms with van der Waals surface area (Å²) in [4.78, 5) is 12.6. The monoisotopic (exact) mass is 620 g/mol. The molecule has 3 rings (SSSR count). The van der Waals surface area contributed by atoms with Gasteiger partial charge < -0.3 is 27.0 Å². The highest BCUT2D eigenvalue weighted by Gasteiger charge is 2.10. The van der Waals surface area contributed by atoms with Gasteiger partial charge in [-0.15, -0.1) is 0 Å². The summed E-state index contributed by atoms with van der Waals surface area (Å²) in [5.74, 6) is 0.604. The quantitative estimate of drug-likeness (QED) is 0.159. The number of carbonyl (C=O) groups is 1. The summed E-state index contributed by atoms with van der Waals surface area (Å²) in [5.41, 5.74) is 6.25. The van der Waals surface area contributed by atoms with Crippen LogP contribution in [-0.2, 0) is 17.8 Å². The number of rotatable bonds is 17. The first-order valence-corrected chi connectivity index (χ1v) is 15.1. The molecule has 0 radical (unpaired) electrons. The van der Waals surface area contributed by atoms with Crippen LogP contribution in [0.15, 0.2) is 53.4 Å². The van der Waals surface area contributed by atoms with Gasteiger partial charge in [-0.2, -0.15) is 4.57 Å². The number of nitrogens with zero attached hydrogens (tertiary/aromatic N) is 1. The summed E-state index contributed by atoms with van der Waals surface area (Å²) in [6.07, 6.45) is 13.2. The van der Waals surface area contributed by atoms with Crippen molar-refractivity contribution in [3.8, 4) is 5.75 Å². The SMILES string of the molecule is CCCCCCCCCCCCOc1cc(CC(=O)Nc2ccc(C[n+]3cscc3C)cc2)ccc1Cl.[Br-]. The first-order chi connectivity index (χ1) is 18.0. The minimum absolute atomic E-state index is 0. The highest BCUT2D eigenvalue weighted by Crippen LogP contribution is 2.26.